The Morgan fingerprint density at radius 3 is 2.43 bits per heavy atom. The van der Waals surface area contributed by atoms with Crippen LogP contribution in [0.25, 0.3) is 0 Å². The minimum absolute atomic E-state index is 0.0776. The lowest BCUT2D eigenvalue weighted by Crippen LogP contribution is -2.27. The predicted molar refractivity (Wildman–Crippen MR) is 89.0 cm³/mol. The van der Waals surface area contributed by atoms with Crippen molar-refractivity contribution in [3.63, 3.8) is 0 Å². The zero-order chi connectivity index (χ0) is 15.9. The van der Waals surface area contributed by atoms with Gasteiger partial charge in [0.25, 0.3) is 0 Å². The summed E-state index contributed by atoms with van der Waals surface area (Å²) in [4.78, 5) is 12.1. The van der Waals surface area contributed by atoms with Gasteiger partial charge in [-0.1, -0.05) is 54.6 Å². The largest absolute Gasteiger partial charge is 0.454 e. The lowest BCUT2D eigenvalue weighted by Gasteiger charge is -2.25. The minimum atomic E-state index is -0.288. The third kappa shape index (κ3) is 4.54. The average molecular weight is 308 g/mol. The second-order valence-corrected chi connectivity index (χ2v) is 5.63. The van der Waals surface area contributed by atoms with E-state index in [1.807, 2.05) is 60.7 Å². The average Bonchev–Trinajstić information content (AvgIpc) is 2.62. The van der Waals surface area contributed by atoms with Crippen molar-refractivity contribution in [3.05, 3.63) is 83.9 Å². The second-order valence-electron chi connectivity index (χ2n) is 5.63. The zero-order valence-electron chi connectivity index (χ0n) is 12.9. The van der Waals surface area contributed by atoms with E-state index in [9.17, 15) is 4.79 Å². The van der Waals surface area contributed by atoms with Crippen LogP contribution in [0, 0.1) is 0 Å². The molecule has 0 aliphatic heterocycles. The molecule has 0 heterocycles. The molecular formula is C20H20O3. The number of carbonyl (C=O) groups is 1. The van der Waals surface area contributed by atoms with E-state index < -0.39 is 0 Å². The Hall–Kier alpha value is -2.39. The van der Waals surface area contributed by atoms with Gasteiger partial charge in [0.2, 0.25) is 0 Å². The minimum Gasteiger partial charge on any atom is -0.454 e. The van der Waals surface area contributed by atoms with Gasteiger partial charge in [-0.2, -0.15) is 0 Å². The van der Waals surface area contributed by atoms with E-state index in [4.69, 9.17) is 9.47 Å². The molecule has 0 amide bonds. The van der Waals surface area contributed by atoms with Gasteiger partial charge < -0.3 is 9.47 Å². The van der Waals surface area contributed by atoms with Crippen molar-refractivity contribution in [2.45, 2.75) is 31.7 Å². The van der Waals surface area contributed by atoms with E-state index in [1.165, 1.54) is 0 Å². The summed E-state index contributed by atoms with van der Waals surface area (Å²) in [6.07, 6.45) is 5.38. The molecule has 3 heteroatoms. The molecule has 0 radical (unpaired) electrons. The molecule has 0 saturated carbocycles. The number of hydrogen-bond acceptors (Lipinski definition) is 3. The molecule has 0 aromatic heterocycles. The maximum absolute atomic E-state index is 12.1. The van der Waals surface area contributed by atoms with Crippen LogP contribution in [-0.2, 0) is 16.1 Å². The van der Waals surface area contributed by atoms with Gasteiger partial charge in [0.05, 0.1) is 18.3 Å². The monoisotopic (exact) mass is 308 g/mol. The van der Waals surface area contributed by atoms with Gasteiger partial charge in [-0.3, -0.25) is 0 Å². The van der Waals surface area contributed by atoms with Crippen LogP contribution in [0.15, 0.2) is 72.8 Å². The molecule has 0 N–H and O–H groups in total. The molecule has 1 aliphatic carbocycles. The standard InChI is InChI=1S/C20H20O3/c21-20(17-10-5-2-6-11-17)23-19-13-7-12-18(14-19)22-15-16-8-3-1-4-9-16/h1-11,13,18-19H,12,14-15H2/t18-,19+/m0/s1. The van der Waals surface area contributed by atoms with Crippen LogP contribution in [0.3, 0.4) is 0 Å². The first-order chi connectivity index (χ1) is 11.3. The van der Waals surface area contributed by atoms with Crippen LogP contribution in [0.5, 0.6) is 0 Å². The molecule has 0 spiro atoms. The zero-order valence-corrected chi connectivity index (χ0v) is 12.9. The Kier molecular flexibility index (Phi) is 5.22. The van der Waals surface area contributed by atoms with Crippen molar-refractivity contribution in [2.24, 2.45) is 0 Å². The predicted octanol–water partition coefficient (Wildman–Crippen LogP) is 4.15. The fraction of sp³-hybridized carbons (Fsp3) is 0.250. The van der Waals surface area contributed by atoms with Gasteiger partial charge in [0.15, 0.2) is 0 Å². The van der Waals surface area contributed by atoms with E-state index in [2.05, 4.69) is 0 Å². The number of carbonyl (C=O) groups excluding carboxylic acids is 1. The van der Waals surface area contributed by atoms with Crippen LogP contribution >= 0.6 is 0 Å². The van der Waals surface area contributed by atoms with E-state index in [1.54, 1.807) is 12.1 Å². The summed E-state index contributed by atoms with van der Waals surface area (Å²) in [5.41, 5.74) is 1.73. The van der Waals surface area contributed by atoms with Crippen LogP contribution < -0.4 is 0 Å². The molecule has 1 aliphatic rings. The summed E-state index contributed by atoms with van der Waals surface area (Å²) in [5, 5.41) is 0. The summed E-state index contributed by atoms with van der Waals surface area (Å²) in [7, 11) is 0. The fourth-order valence-electron chi connectivity index (χ4n) is 2.61. The highest BCUT2D eigenvalue weighted by Crippen LogP contribution is 2.20. The normalized spacial score (nSPS) is 20.2. The molecule has 3 nitrogen and oxygen atoms in total. The molecule has 3 rings (SSSR count). The van der Waals surface area contributed by atoms with Crippen molar-refractivity contribution in [1.29, 1.82) is 0 Å². The molecule has 23 heavy (non-hydrogen) atoms. The number of rotatable bonds is 5. The SMILES string of the molecule is O=C(O[C@@H]1C=CC[C@H](OCc2ccccc2)C1)c1ccccc1. The van der Waals surface area contributed by atoms with E-state index in [0.29, 0.717) is 18.6 Å². The number of esters is 1. The summed E-state index contributed by atoms with van der Waals surface area (Å²) >= 11 is 0. The molecular weight excluding hydrogens is 288 g/mol. The Bertz CT molecular complexity index is 649. The van der Waals surface area contributed by atoms with Crippen molar-refractivity contribution >= 4 is 5.97 Å². The van der Waals surface area contributed by atoms with Crippen molar-refractivity contribution in [1.82, 2.24) is 0 Å². The summed E-state index contributed by atoms with van der Waals surface area (Å²) in [5.74, 6) is -0.288. The highest BCUT2D eigenvalue weighted by atomic mass is 16.5. The quantitative estimate of drug-likeness (QED) is 0.615. The number of benzene rings is 2. The molecule has 2 aromatic rings. The summed E-state index contributed by atoms with van der Waals surface area (Å²) in [6.45, 7) is 0.582. The second kappa shape index (κ2) is 7.75. The maximum Gasteiger partial charge on any atom is 0.338 e. The highest BCUT2D eigenvalue weighted by molar-refractivity contribution is 5.89. The maximum atomic E-state index is 12.1. The molecule has 2 atom stereocenters. The molecule has 0 bridgehead atoms. The van der Waals surface area contributed by atoms with E-state index in [0.717, 1.165) is 12.0 Å². The van der Waals surface area contributed by atoms with Crippen LogP contribution in [-0.4, -0.2) is 18.2 Å². The van der Waals surface area contributed by atoms with Gasteiger partial charge in [-0.25, -0.2) is 4.79 Å². The topological polar surface area (TPSA) is 35.5 Å². The Morgan fingerprint density at radius 1 is 1.00 bits per heavy atom. The number of hydrogen-bond donors (Lipinski definition) is 0. The number of ether oxygens (including phenoxy) is 2. The first-order valence-corrected chi connectivity index (χ1v) is 7.89. The first kappa shape index (κ1) is 15.5. The lowest BCUT2D eigenvalue weighted by molar-refractivity contribution is -0.00546. The van der Waals surface area contributed by atoms with Gasteiger partial charge in [-0.05, 0) is 30.2 Å². The van der Waals surface area contributed by atoms with Gasteiger partial charge in [0, 0.05) is 6.42 Å². The molecule has 0 saturated heterocycles. The van der Waals surface area contributed by atoms with Gasteiger partial charge >= 0.3 is 5.97 Å². The van der Waals surface area contributed by atoms with Crippen LogP contribution in [0.2, 0.25) is 0 Å². The molecule has 0 unspecified atom stereocenters. The Morgan fingerprint density at radius 2 is 1.70 bits per heavy atom. The lowest BCUT2D eigenvalue weighted by atomic mass is 10.0. The molecule has 2 aromatic carbocycles. The third-order valence-corrected chi connectivity index (χ3v) is 3.84. The fourth-order valence-corrected chi connectivity index (χ4v) is 2.61. The van der Waals surface area contributed by atoms with Crippen LogP contribution in [0.1, 0.15) is 28.8 Å². The van der Waals surface area contributed by atoms with Crippen molar-refractivity contribution in [3.8, 4) is 0 Å². The molecule has 0 fully saturated rings. The van der Waals surface area contributed by atoms with E-state index >= 15 is 0 Å². The van der Waals surface area contributed by atoms with Gasteiger partial charge in [0.1, 0.15) is 6.10 Å². The first-order valence-electron chi connectivity index (χ1n) is 7.89. The van der Waals surface area contributed by atoms with Gasteiger partial charge in [-0.15, -0.1) is 0 Å². The van der Waals surface area contributed by atoms with Crippen LogP contribution in [0.4, 0.5) is 0 Å². The van der Waals surface area contributed by atoms with E-state index in [-0.39, 0.29) is 18.2 Å². The smallest absolute Gasteiger partial charge is 0.338 e. The Balaban J connectivity index is 1.51. The van der Waals surface area contributed by atoms with Crippen molar-refractivity contribution < 1.29 is 14.3 Å². The highest BCUT2D eigenvalue weighted by Gasteiger charge is 2.22. The third-order valence-electron chi connectivity index (χ3n) is 3.84. The summed E-state index contributed by atoms with van der Waals surface area (Å²) < 4.78 is 11.5. The Labute approximate surface area is 136 Å². The molecule has 118 valence electrons. The van der Waals surface area contributed by atoms with Crippen molar-refractivity contribution in [2.75, 3.05) is 0 Å². The summed E-state index contributed by atoms with van der Waals surface area (Å²) in [6, 6.07) is 19.2.